The highest BCUT2D eigenvalue weighted by atomic mass is 16.5. The van der Waals surface area contributed by atoms with Crippen molar-refractivity contribution < 1.29 is 19.4 Å². The molecule has 0 amide bonds. The smallest absolute Gasteiger partial charge is 0.323 e. The normalized spacial score (nSPS) is 27.8. The third kappa shape index (κ3) is 3.94. The van der Waals surface area contributed by atoms with E-state index in [0.29, 0.717) is 26.1 Å². The first kappa shape index (κ1) is 14.4. The fourth-order valence-corrected chi connectivity index (χ4v) is 2.25. The number of nitrogens with zero attached hydrogens (tertiary/aromatic N) is 1. The largest absolute Gasteiger partial charge is 0.465 e. The van der Waals surface area contributed by atoms with Gasteiger partial charge in [-0.05, 0) is 20.3 Å². The second-order valence-corrected chi connectivity index (χ2v) is 4.38. The van der Waals surface area contributed by atoms with E-state index in [-0.39, 0.29) is 30.8 Å². The number of carbonyl (C=O) groups excluding carboxylic acids is 1. The highest BCUT2D eigenvalue weighted by Gasteiger charge is 2.32. The lowest BCUT2D eigenvalue weighted by Crippen LogP contribution is -2.54. The summed E-state index contributed by atoms with van der Waals surface area (Å²) in [4.78, 5) is 13.9. The van der Waals surface area contributed by atoms with Gasteiger partial charge in [-0.2, -0.15) is 0 Å². The topological polar surface area (TPSA) is 59.0 Å². The van der Waals surface area contributed by atoms with Gasteiger partial charge in [0, 0.05) is 13.1 Å². The Balaban J connectivity index is 2.63. The van der Waals surface area contributed by atoms with Gasteiger partial charge in [0.05, 0.1) is 25.4 Å². The molecule has 0 radical (unpaired) electrons. The zero-order valence-electron chi connectivity index (χ0n) is 10.9. The van der Waals surface area contributed by atoms with Crippen LogP contribution in [0.3, 0.4) is 0 Å². The SMILES string of the molecule is CCOC(=O)C(CC)N1CC(C)OC(CO)C1. The van der Waals surface area contributed by atoms with E-state index in [1.165, 1.54) is 0 Å². The summed E-state index contributed by atoms with van der Waals surface area (Å²) in [7, 11) is 0. The van der Waals surface area contributed by atoms with Gasteiger partial charge in [-0.1, -0.05) is 6.92 Å². The Bertz CT molecular complexity index is 247. The summed E-state index contributed by atoms with van der Waals surface area (Å²) in [5.74, 6) is -0.180. The molecule has 17 heavy (non-hydrogen) atoms. The molecule has 0 aromatic carbocycles. The molecule has 0 aliphatic carbocycles. The van der Waals surface area contributed by atoms with E-state index in [9.17, 15) is 4.79 Å². The minimum absolute atomic E-state index is 0.0138. The third-order valence-corrected chi connectivity index (χ3v) is 2.94. The van der Waals surface area contributed by atoms with Crippen molar-refractivity contribution in [3.63, 3.8) is 0 Å². The Morgan fingerprint density at radius 3 is 2.76 bits per heavy atom. The molecule has 3 atom stereocenters. The minimum atomic E-state index is -0.227. The van der Waals surface area contributed by atoms with Gasteiger partial charge in [-0.15, -0.1) is 0 Å². The zero-order valence-corrected chi connectivity index (χ0v) is 10.9. The Morgan fingerprint density at radius 2 is 2.24 bits per heavy atom. The fourth-order valence-electron chi connectivity index (χ4n) is 2.25. The van der Waals surface area contributed by atoms with Crippen LogP contribution in [0.25, 0.3) is 0 Å². The van der Waals surface area contributed by atoms with Gasteiger partial charge >= 0.3 is 5.97 Å². The summed E-state index contributed by atoms with van der Waals surface area (Å²) in [6.07, 6.45) is 0.538. The maximum atomic E-state index is 11.8. The first-order chi connectivity index (χ1) is 8.12. The molecule has 1 rings (SSSR count). The minimum Gasteiger partial charge on any atom is -0.465 e. The van der Waals surface area contributed by atoms with Crippen molar-refractivity contribution >= 4 is 5.97 Å². The molecule has 1 aliphatic rings. The van der Waals surface area contributed by atoms with E-state index in [1.807, 2.05) is 25.7 Å². The molecule has 1 fully saturated rings. The van der Waals surface area contributed by atoms with Crippen molar-refractivity contribution in [2.45, 2.75) is 45.4 Å². The Labute approximate surface area is 103 Å². The van der Waals surface area contributed by atoms with Crippen molar-refractivity contribution in [3.8, 4) is 0 Å². The average Bonchev–Trinajstić information content (AvgIpc) is 2.29. The molecule has 0 aromatic rings. The number of hydrogen-bond donors (Lipinski definition) is 1. The first-order valence-corrected chi connectivity index (χ1v) is 6.29. The van der Waals surface area contributed by atoms with Gasteiger partial charge in [-0.3, -0.25) is 9.69 Å². The van der Waals surface area contributed by atoms with Crippen LogP contribution in [0, 0.1) is 0 Å². The number of esters is 1. The van der Waals surface area contributed by atoms with Crippen molar-refractivity contribution in [2.24, 2.45) is 0 Å². The van der Waals surface area contributed by atoms with Crippen molar-refractivity contribution in [3.05, 3.63) is 0 Å². The number of ether oxygens (including phenoxy) is 2. The zero-order chi connectivity index (χ0) is 12.8. The van der Waals surface area contributed by atoms with Gasteiger partial charge in [0.2, 0.25) is 0 Å². The second kappa shape index (κ2) is 6.93. The lowest BCUT2D eigenvalue weighted by atomic mass is 10.1. The van der Waals surface area contributed by atoms with Crippen LogP contribution in [0.2, 0.25) is 0 Å². The Morgan fingerprint density at radius 1 is 1.53 bits per heavy atom. The van der Waals surface area contributed by atoms with Crippen LogP contribution < -0.4 is 0 Å². The standard InChI is InChI=1S/C12H23NO4/c1-4-11(12(15)16-5-2)13-6-9(3)17-10(7-13)8-14/h9-11,14H,4-8H2,1-3H3. The van der Waals surface area contributed by atoms with E-state index < -0.39 is 0 Å². The van der Waals surface area contributed by atoms with Crippen molar-refractivity contribution in [1.29, 1.82) is 0 Å². The number of aliphatic hydroxyl groups excluding tert-OH is 1. The Kier molecular flexibility index (Phi) is 5.88. The summed E-state index contributed by atoms with van der Waals surface area (Å²) >= 11 is 0. The summed E-state index contributed by atoms with van der Waals surface area (Å²) in [5, 5.41) is 9.16. The summed E-state index contributed by atoms with van der Waals surface area (Å²) in [5.41, 5.74) is 0. The molecule has 1 aliphatic heterocycles. The highest BCUT2D eigenvalue weighted by Crippen LogP contribution is 2.16. The summed E-state index contributed by atoms with van der Waals surface area (Å²) in [6, 6.07) is -0.227. The second-order valence-electron chi connectivity index (χ2n) is 4.38. The van der Waals surface area contributed by atoms with Gasteiger partial charge in [0.15, 0.2) is 0 Å². The molecule has 0 saturated carbocycles. The molecule has 1 N–H and O–H groups in total. The molecule has 1 heterocycles. The number of hydrogen-bond acceptors (Lipinski definition) is 5. The van der Waals surface area contributed by atoms with Crippen LogP contribution >= 0.6 is 0 Å². The molecule has 3 unspecified atom stereocenters. The number of carbonyl (C=O) groups is 1. The van der Waals surface area contributed by atoms with E-state index in [4.69, 9.17) is 14.6 Å². The maximum Gasteiger partial charge on any atom is 0.323 e. The van der Waals surface area contributed by atoms with Crippen LogP contribution in [0.1, 0.15) is 27.2 Å². The van der Waals surface area contributed by atoms with Crippen molar-refractivity contribution in [1.82, 2.24) is 4.90 Å². The molecule has 0 spiro atoms. The highest BCUT2D eigenvalue weighted by molar-refractivity contribution is 5.75. The Hall–Kier alpha value is -0.650. The monoisotopic (exact) mass is 245 g/mol. The molecule has 100 valence electrons. The summed E-state index contributed by atoms with van der Waals surface area (Å²) < 4.78 is 10.6. The third-order valence-electron chi connectivity index (χ3n) is 2.94. The van der Waals surface area contributed by atoms with Gasteiger partial charge < -0.3 is 14.6 Å². The quantitative estimate of drug-likeness (QED) is 0.711. The number of morpholine rings is 1. The van der Waals surface area contributed by atoms with Gasteiger partial charge in [0.25, 0.3) is 0 Å². The molecular weight excluding hydrogens is 222 g/mol. The molecule has 0 bridgehead atoms. The van der Waals surface area contributed by atoms with E-state index in [0.717, 1.165) is 0 Å². The predicted octanol–water partition coefficient (Wildman–Crippen LogP) is 0.410. The summed E-state index contributed by atoms with van der Waals surface area (Å²) in [6.45, 7) is 7.40. The van der Waals surface area contributed by atoms with Crippen molar-refractivity contribution in [2.75, 3.05) is 26.3 Å². The van der Waals surface area contributed by atoms with Crippen LogP contribution in [-0.2, 0) is 14.3 Å². The lowest BCUT2D eigenvalue weighted by Gasteiger charge is -2.39. The molecule has 1 saturated heterocycles. The first-order valence-electron chi connectivity index (χ1n) is 6.29. The molecule has 5 nitrogen and oxygen atoms in total. The maximum absolute atomic E-state index is 11.8. The number of rotatable bonds is 5. The molecule has 0 aromatic heterocycles. The predicted molar refractivity (Wildman–Crippen MR) is 63.7 cm³/mol. The van der Waals surface area contributed by atoms with Crippen LogP contribution in [0.15, 0.2) is 0 Å². The van der Waals surface area contributed by atoms with Gasteiger partial charge in [-0.25, -0.2) is 0 Å². The van der Waals surface area contributed by atoms with Crippen LogP contribution in [0.4, 0.5) is 0 Å². The van der Waals surface area contributed by atoms with Crippen LogP contribution in [0.5, 0.6) is 0 Å². The molecular formula is C12H23NO4. The van der Waals surface area contributed by atoms with E-state index in [1.54, 1.807) is 0 Å². The average molecular weight is 245 g/mol. The molecule has 5 heteroatoms. The van der Waals surface area contributed by atoms with Crippen LogP contribution in [-0.4, -0.2) is 60.5 Å². The number of aliphatic hydroxyl groups is 1. The lowest BCUT2D eigenvalue weighted by molar-refractivity contribution is -0.157. The van der Waals surface area contributed by atoms with E-state index >= 15 is 0 Å². The van der Waals surface area contributed by atoms with E-state index in [2.05, 4.69) is 0 Å². The fraction of sp³-hybridized carbons (Fsp3) is 0.917. The van der Waals surface area contributed by atoms with Gasteiger partial charge in [0.1, 0.15) is 6.04 Å².